The van der Waals surface area contributed by atoms with Gasteiger partial charge in [-0.15, -0.1) is 0 Å². The number of aliphatic hydroxyl groups excluding tert-OH is 1. The first-order valence-corrected chi connectivity index (χ1v) is 6.70. The third-order valence-corrected chi connectivity index (χ3v) is 4.09. The van der Waals surface area contributed by atoms with Crippen LogP contribution in [0, 0.1) is 11.8 Å². The molecule has 2 heteroatoms. The number of hydrogen-bond acceptors (Lipinski definition) is 2. The summed E-state index contributed by atoms with van der Waals surface area (Å²) in [5.41, 5.74) is 0. The molecule has 88 valence electrons. The van der Waals surface area contributed by atoms with E-state index in [0.717, 1.165) is 18.9 Å². The van der Waals surface area contributed by atoms with Crippen molar-refractivity contribution in [1.29, 1.82) is 0 Å². The van der Waals surface area contributed by atoms with Gasteiger partial charge < -0.3 is 10.0 Å². The molecule has 2 atom stereocenters. The average Bonchev–Trinajstić information content (AvgIpc) is 2.18. The fraction of sp³-hybridized carbons (Fsp3) is 1.00. The van der Waals surface area contributed by atoms with Crippen LogP contribution < -0.4 is 0 Å². The Hall–Kier alpha value is -0.0800. The van der Waals surface area contributed by atoms with Crippen molar-refractivity contribution < 1.29 is 5.11 Å². The Morgan fingerprint density at radius 1 is 1.20 bits per heavy atom. The predicted molar refractivity (Wildman–Crippen MR) is 62.8 cm³/mol. The molecule has 1 saturated carbocycles. The SMILES string of the molecule is CCCC1CN(CC2CCCCC2O)C1. The van der Waals surface area contributed by atoms with Gasteiger partial charge in [0.25, 0.3) is 0 Å². The van der Waals surface area contributed by atoms with Crippen LogP contribution in [0.25, 0.3) is 0 Å². The summed E-state index contributed by atoms with van der Waals surface area (Å²) in [6.45, 7) is 6.00. The van der Waals surface area contributed by atoms with Crippen LogP contribution in [0.1, 0.15) is 45.4 Å². The topological polar surface area (TPSA) is 23.5 Å². The van der Waals surface area contributed by atoms with Crippen LogP contribution in [-0.2, 0) is 0 Å². The highest BCUT2D eigenvalue weighted by Crippen LogP contribution is 2.28. The number of hydrogen-bond donors (Lipinski definition) is 1. The van der Waals surface area contributed by atoms with E-state index in [-0.39, 0.29) is 6.10 Å². The molecule has 2 aliphatic rings. The molecule has 1 saturated heterocycles. The molecular formula is C13H25NO. The van der Waals surface area contributed by atoms with Crippen molar-refractivity contribution in [2.75, 3.05) is 19.6 Å². The Labute approximate surface area is 93.7 Å². The first-order chi connectivity index (χ1) is 7.29. The molecule has 0 aromatic heterocycles. The van der Waals surface area contributed by atoms with Crippen LogP contribution in [0.3, 0.4) is 0 Å². The van der Waals surface area contributed by atoms with E-state index >= 15 is 0 Å². The van der Waals surface area contributed by atoms with Gasteiger partial charge >= 0.3 is 0 Å². The highest BCUT2D eigenvalue weighted by molar-refractivity contribution is 4.84. The molecule has 0 aromatic rings. The summed E-state index contributed by atoms with van der Waals surface area (Å²) < 4.78 is 0. The van der Waals surface area contributed by atoms with E-state index in [9.17, 15) is 5.11 Å². The summed E-state index contributed by atoms with van der Waals surface area (Å²) in [5.74, 6) is 1.53. The number of nitrogens with zero attached hydrogens (tertiary/aromatic N) is 1. The van der Waals surface area contributed by atoms with E-state index in [0.29, 0.717) is 5.92 Å². The Balaban J connectivity index is 1.65. The summed E-state index contributed by atoms with van der Waals surface area (Å²) in [4.78, 5) is 2.54. The highest BCUT2D eigenvalue weighted by atomic mass is 16.3. The van der Waals surface area contributed by atoms with Gasteiger partial charge in [-0.3, -0.25) is 0 Å². The van der Waals surface area contributed by atoms with Crippen LogP contribution in [0.5, 0.6) is 0 Å². The zero-order chi connectivity index (χ0) is 10.7. The van der Waals surface area contributed by atoms with Gasteiger partial charge in [-0.25, -0.2) is 0 Å². The zero-order valence-electron chi connectivity index (χ0n) is 9.99. The van der Waals surface area contributed by atoms with E-state index in [1.54, 1.807) is 0 Å². The molecule has 0 aromatic carbocycles. The zero-order valence-corrected chi connectivity index (χ0v) is 9.99. The van der Waals surface area contributed by atoms with E-state index in [4.69, 9.17) is 0 Å². The minimum Gasteiger partial charge on any atom is -0.393 e. The lowest BCUT2D eigenvalue weighted by Gasteiger charge is -2.43. The second-order valence-electron chi connectivity index (χ2n) is 5.49. The van der Waals surface area contributed by atoms with Gasteiger partial charge in [0.1, 0.15) is 0 Å². The van der Waals surface area contributed by atoms with E-state index in [1.165, 1.54) is 45.2 Å². The van der Waals surface area contributed by atoms with Crippen LogP contribution in [0.15, 0.2) is 0 Å². The van der Waals surface area contributed by atoms with Crippen molar-refractivity contribution >= 4 is 0 Å². The minimum atomic E-state index is -0.0102. The molecule has 2 rings (SSSR count). The molecule has 1 aliphatic carbocycles. The first-order valence-electron chi connectivity index (χ1n) is 6.70. The van der Waals surface area contributed by atoms with Gasteiger partial charge in [0, 0.05) is 19.6 Å². The third kappa shape index (κ3) is 2.94. The summed E-state index contributed by atoms with van der Waals surface area (Å²) in [7, 11) is 0. The molecular weight excluding hydrogens is 186 g/mol. The van der Waals surface area contributed by atoms with E-state index in [1.807, 2.05) is 0 Å². The molecule has 15 heavy (non-hydrogen) atoms. The number of aliphatic hydroxyl groups is 1. The molecule has 0 bridgehead atoms. The summed E-state index contributed by atoms with van der Waals surface area (Å²) in [6, 6.07) is 0. The van der Waals surface area contributed by atoms with Crippen molar-refractivity contribution in [2.24, 2.45) is 11.8 Å². The Morgan fingerprint density at radius 3 is 2.60 bits per heavy atom. The number of likely N-dealkylation sites (tertiary alicyclic amines) is 1. The highest BCUT2D eigenvalue weighted by Gasteiger charge is 2.31. The Kier molecular flexibility index (Phi) is 4.04. The maximum Gasteiger partial charge on any atom is 0.0580 e. The van der Waals surface area contributed by atoms with Crippen LogP contribution >= 0.6 is 0 Å². The molecule has 0 spiro atoms. The molecule has 2 fully saturated rings. The minimum absolute atomic E-state index is 0.0102. The smallest absolute Gasteiger partial charge is 0.0580 e. The van der Waals surface area contributed by atoms with Crippen LogP contribution in [0.2, 0.25) is 0 Å². The second-order valence-corrected chi connectivity index (χ2v) is 5.49. The fourth-order valence-corrected chi connectivity index (χ4v) is 3.15. The fourth-order valence-electron chi connectivity index (χ4n) is 3.15. The van der Waals surface area contributed by atoms with Crippen molar-refractivity contribution in [3.63, 3.8) is 0 Å². The van der Waals surface area contributed by atoms with Crippen LogP contribution in [-0.4, -0.2) is 35.7 Å². The standard InChI is InChI=1S/C13H25NO/c1-2-5-11-8-14(9-11)10-12-6-3-4-7-13(12)15/h11-13,15H,2-10H2,1H3. The van der Waals surface area contributed by atoms with Crippen molar-refractivity contribution in [3.05, 3.63) is 0 Å². The van der Waals surface area contributed by atoms with Gasteiger partial charge in [-0.05, 0) is 31.1 Å². The summed E-state index contributed by atoms with van der Waals surface area (Å²) in [6.07, 6.45) is 7.55. The van der Waals surface area contributed by atoms with Crippen molar-refractivity contribution in [1.82, 2.24) is 4.90 Å². The van der Waals surface area contributed by atoms with Crippen molar-refractivity contribution in [3.8, 4) is 0 Å². The largest absolute Gasteiger partial charge is 0.393 e. The average molecular weight is 211 g/mol. The van der Waals surface area contributed by atoms with Gasteiger partial charge in [-0.2, -0.15) is 0 Å². The van der Waals surface area contributed by atoms with Gasteiger partial charge in [0.2, 0.25) is 0 Å². The maximum absolute atomic E-state index is 9.88. The molecule has 0 amide bonds. The molecule has 1 heterocycles. The van der Waals surface area contributed by atoms with Gasteiger partial charge in [-0.1, -0.05) is 26.2 Å². The number of rotatable bonds is 4. The lowest BCUT2D eigenvalue weighted by molar-refractivity contribution is 0.0105. The Morgan fingerprint density at radius 2 is 1.93 bits per heavy atom. The maximum atomic E-state index is 9.88. The summed E-state index contributed by atoms with van der Waals surface area (Å²) >= 11 is 0. The monoisotopic (exact) mass is 211 g/mol. The molecule has 0 radical (unpaired) electrons. The molecule has 1 N–H and O–H groups in total. The molecule has 1 aliphatic heterocycles. The van der Waals surface area contributed by atoms with Gasteiger partial charge in [0.15, 0.2) is 0 Å². The second kappa shape index (κ2) is 5.31. The summed E-state index contributed by atoms with van der Waals surface area (Å²) in [5, 5.41) is 9.88. The van der Waals surface area contributed by atoms with Crippen molar-refractivity contribution in [2.45, 2.75) is 51.6 Å². The normalized spacial score (nSPS) is 34.0. The lowest BCUT2D eigenvalue weighted by atomic mass is 9.84. The predicted octanol–water partition coefficient (Wildman–Crippen LogP) is 2.27. The Bertz CT molecular complexity index is 189. The lowest BCUT2D eigenvalue weighted by Crippen LogP contribution is -2.50. The first kappa shape index (κ1) is 11.4. The third-order valence-electron chi connectivity index (χ3n) is 4.09. The van der Waals surface area contributed by atoms with Crippen LogP contribution in [0.4, 0.5) is 0 Å². The van der Waals surface area contributed by atoms with E-state index in [2.05, 4.69) is 11.8 Å². The van der Waals surface area contributed by atoms with Gasteiger partial charge in [0.05, 0.1) is 6.10 Å². The quantitative estimate of drug-likeness (QED) is 0.771. The molecule has 2 unspecified atom stereocenters. The molecule has 2 nitrogen and oxygen atoms in total. The van der Waals surface area contributed by atoms with E-state index < -0.39 is 0 Å².